The molecule has 0 N–H and O–H groups in total. The molecule has 1 aromatic carbocycles. The van der Waals surface area contributed by atoms with E-state index in [2.05, 4.69) is 25.1 Å². The lowest BCUT2D eigenvalue weighted by molar-refractivity contribution is 0.0153. The summed E-state index contributed by atoms with van der Waals surface area (Å²) < 4.78 is 27.9. The highest BCUT2D eigenvalue weighted by Gasteiger charge is 2.57. The summed E-state index contributed by atoms with van der Waals surface area (Å²) in [4.78, 5) is 11.4. The smallest absolute Gasteiger partial charge is 0.306 e. The number of fused-ring (bicyclic) bond motifs is 5. The molecule has 0 bridgehead atoms. The number of aryl methyl sites for hydroxylation is 1. The van der Waals surface area contributed by atoms with E-state index in [9.17, 15) is 13.3 Å². The summed E-state index contributed by atoms with van der Waals surface area (Å²) in [6.45, 7) is 4.58. The highest BCUT2D eigenvalue weighted by molar-refractivity contribution is 7.86. The maximum Gasteiger partial charge on any atom is 0.306 e. The summed E-state index contributed by atoms with van der Waals surface area (Å²) in [6.07, 6.45) is 6.17. The number of hydrogen-bond donors (Lipinski definition) is 0. The first-order valence-corrected chi connectivity index (χ1v) is 11.4. The Morgan fingerprint density at radius 3 is 2.69 bits per heavy atom. The zero-order chi connectivity index (χ0) is 18.7. The summed E-state index contributed by atoms with van der Waals surface area (Å²) in [5.41, 5.74) is 2.60. The summed E-state index contributed by atoms with van der Waals surface area (Å²) >= 11 is 0. The fourth-order valence-electron chi connectivity index (χ4n) is 6.49. The van der Waals surface area contributed by atoms with Gasteiger partial charge in [0, 0.05) is 0 Å². The van der Waals surface area contributed by atoms with Crippen molar-refractivity contribution in [1.29, 1.82) is 0 Å². The van der Waals surface area contributed by atoms with E-state index in [1.165, 1.54) is 11.1 Å². The highest BCUT2D eigenvalue weighted by Crippen LogP contribution is 2.63. The molecular formula is C20H27NO4S. The average molecular weight is 378 g/mol. The lowest BCUT2D eigenvalue weighted by atomic mass is 9.52. The molecule has 142 valence electrons. The molecule has 1 aromatic rings. The standard InChI is InChI=1S/C20H27NO4S/c1-12-11-20(2)17(8-9-18(20)21-22)16-6-4-13-10-14(25-26(3,23)24)5-7-15(13)19(12)16/h5,7,10,12,16-19H,4,6,8-9,11H2,1-3H3/t12-,16-,17-,18?,19+,20-/m0/s1. The zero-order valence-corrected chi connectivity index (χ0v) is 16.5. The summed E-state index contributed by atoms with van der Waals surface area (Å²) in [5, 5.41) is 3.48. The van der Waals surface area contributed by atoms with Crippen LogP contribution < -0.4 is 4.18 Å². The van der Waals surface area contributed by atoms with Crippen LogP contribution in [-0.2, 0) is 16.5 Å². The van der Waals surface area contributed by atoms with Crippen molar-refractivity contribution in [2.24, 2.45) is 28.3 Å². The maximum atomic E-state index is 11.4. The minimum absolute atomic E-state index is 0.0390. The van der Waals surface area contributed by atoms with Gasteiger partial charge in [0.05, 0.1) is 12.3 Å². The predicted octanol–water partition coefficient (Wildman–Crippen LogP) is 4.26. The number of nitrogens with zero attached hydrogens (tertiary/aromatic N) is 1. The molecule has 0 aromatic heterocycles. The van der Waals surface area contributed by atoms with E-state index in [4.69, 9.17) is 4.18 Å². The van der Waals surface area contributed by atoms with E-state index in [1.54, 1.807) is 6.07 Å². The van der Waals surface area contributed by atoms with E-state index in [0.29, 0.717) is 29.4 Å². The van der Waals surface area contributed by atoms with Gasteiger partial charge >= 0.3 is 10.1 Å². The number of nitroso groups, excluding NO2 is 1. The quantitative estimate of drug-likeness (QED) is 0.583. The van der Waals surface area contributed by atoms with E-state index < -0.39 is 10.1 Å². The predicted molar refractivity (Wildman–Crippen MR) is 101 cm³/mol. The molecule has 3 aliphatic carbocycles. The van der Waals surface area contributed by atoms with Gasteiger partial charge in [-0.25, -0.2) is 0 Å². The van der Waals surface area contributed by atoms with Crippen molar-refractivity contribution in [2.75, 3.05) is 6.26 Å². The van der Waals surface area contributed by atoms with Crippen molar-refractivity contribution in [3.63, 3.8) is 0 Å². The maximum absolute atomic E-state index is 11.4. The molecule has 0 amide bonds. The van der Waals surface area contributed by atoms with Crippen LogP contribution in [0.25, 0.3) is 0 Å². The van der Waals surface area contributed by atoms with Gasteiger partial charge in [-0.05, 0) is 84.5 Å². The summed E-state index contributed by atoms with van der Waals surface area (Å²) in [7, 11) is -3.51. The molecule has 4 rings (SSSR count). The van der Waals surface area contributed by atoms with Crippen molar-refractivity contribution in [1.82, 2.24) is 0 Å². The normalized spacial score (nSPS) is 38.8. The van der Waals surface area contributed by atoms with Crippen molar-refractivity contribution < 1.29 is 12.6 Å². The Labute approximate surface area is 155 Å². The Morgan fingerprint density at radius 2 is 2.00 bits per heavy atom. The van der Waals surface area contributed by atoms with Crippen LogP contribution in [0.1, 0.15) is 56.6 Å². The third-order valence-corrected chi connectivity index (χ3v) is 7.80. The van der Waals surface area contributed by atoms with Crippen LogP contribution in [0, 0.1) is 28.1 Å². The molecule has 0 aliphatic heterocycles. The van der Waals surface area contributed by atoms with Gasteiger partial charge in [0.15, 0.2) is 0 Å². The van der Waals surface area contributed by atoms with E-state index >= 15 is 0 Å². The molecule has 2 fully saturated rings. The van der Waals surface area contributed by atoms with Crippen LogP contribution in [0.5, 0.6) is 5.75 Å². The Bertz CT molecular complexity index is 836. The van der Waals surface area contributed by atoms with Crippen molar-refractivity contribution in [2.45, 2.75) is 57.9 Å². The fraction of sp³-hybridized carbons (Fsp3) is 0.700. The molecule has 1 unspecified atom stereocenters. The van der Waals surface area contributed by atoms with Gasteiger partial charge in [0.1, 0.15) is 5.75 Å². The molecule has 0 heterocycles. The van der Waals surface area contributed by atoms with Gasteiger partial charge in [-0.3, -0.25) is 0 Å². The molecule has 26 heavy (non-hydrogen) atoms. The molecule has 5 nitrogen and oxygen atoms in total. The first kappa shape index (κ1) is 18.0. The minimum atomic E-state index is -3.51. The molecule has 0 saturated heterocycles. The van der Waals surface area contributed by atoms with E-state index in [1.807, 2.05) is 6.07 Å². The van der Waals surface area contributed by atoms with Gasteiger partial charge in [-0.15, -0.1) is 0 Å². The van der Waals surface area contributed by atoms with Crippen LogP contribution >= 0.6 is 0 Å². The largest absolute Gasteiger partial charge is 0.383 e. The number of hydrogen-bond acceptors (Lipinski definition) is 5. The van der Waals surface area contributed by atoms with Gasteiger partial charge in [-0.2, -0.15) is 13.3 Å². The second-order valence-corrected chi connectivity index (χ2v) is 10.4. The van der Waals surface area contributed by atoms with Crippen LogP contribution in [0.15, 0.2) is 23.4 Å². The molecule has 6 heteroatoms. The molecule has 0 spiro atoms. The van der Waals surface area contributed by atoms with Gasteiger partial charge in [0.25, 0.3) is 0 Å². The van der Waals surface area contributed by atoms with Gasteiger partial charge in [-0.1, -0.05) is 25.1 Å². The summed E-state index contributed by atoms with van der Waals surface area (Å²) in [5.74, 6) is 2.53. The Hall–Kier alpha value is -1.43. The highest BCUT2D eigenvalue weighted by atomic mass is 32.2. The second-order valence-electron chi connectivity index (χ2n) is 8.87. The van der Waals surface area contributed by atoms with Gasteiger partial charge in [0.2, 0.25) is 0 Å². The fourth-order valence-corrected chi connectivity index (χ4v) is 6.94. The van der Waals surface area contributed by atoms with Crippen LogP contribution in [0.2, 0.25) is 0 Å². The average Bonchev–Trinajstić information content (AvgIpc) is 2.88. The Morgan fingerprint density at radius 1 is 1.23 bits per heavy atom. The lowest BCUT2D eigenvalue weighted by Crippen LogP contribution is -2.46. The van der Waals surface area contributed by atoms with Crippen molar-refractivity contribution >= 4 is 10.1 Å². The van der Waals surface area contributed by atoms with Crippen LogP contribution in [0.4, 0.5) is 0 Å². The lowest BCUT2D eigenvalue weighted by Gasteiger charge is -2.53. The first-order chi connectivity index (χ1) is 12.2. The first-order valence-electron chi connectivity index (χ1n) is 9.57. The SMILES string of the molecule is C[C@H]1C[C@]2(C)C(N=O)CC[C@H]2[C@@H]2CCc3cc(OS(C)(=O)=O)ccc3[C@H]21. The molecule has 6 atom stereocenters. The zero-order valence-electron chi connectivity index (χ0n) is 15.6. The topological polar surface area (TPSA) is 72.8 Å². The number of rotatable bonds is 3. The molecule has 0 radical (unpaired) electrons. The van der Waals surface area contributed by atoms with Crippen molar-refractivity contribution in [3.05, 3.63) is 34.2 Å². The Kier molecular flexibility index (Phi) is 4.17. The third-order valence-electron chi connectivity index (χ3n) is 7.31. The Balaban J connectivity index is 1.68. The minimum Gasteiger partial charge on any atom is -0.383 e. The molecule has 3 aliphatic rings. The van der Waals surface area contributed by atoms with Crippen LogP contribution in [0.3, 0.4) is 0 Å². The summed E-state index contributed by atoms with van der Waals surface area (Å²) in [6, 6.07) is 5.71. The van der Waals surface area contributed by atoms with Crippen LogP contribution in [-0.4, -0.2) is 20.7 Å². The molecule has 2 saturated carbocycles. The second kappa shape index (κ2) is 6.04. The third kappa shape index (κ3) is 2.77. The number of benzene rings is 1. The van der Waals surface area contributed by atoms with Gasteiger partial charge < -0.3 is 4.18 Å². The van der Waals surface area contributed by atoms with E-state index in [-0.39, 0.29) is 11.5 Å². The van der Waals surface area contributed by atoms with Crippen molar-refractivity contribution in [3.8, 4) is 5.75 Å². The monoisotopic (exact) mass is 377 g/mol. The van der Waals surface area contributed by atoms with E-state index in [0.717, 1.165) is 38.4 Å². The molecular weight excluding hydrogens is 350 g/mol.